The topological polar surface area (TPSA) is 78.3 Å². The van der Waals surface area contributed by atoms with E-state index in [4.69, 9.17) is 9.47 Å². The zero-order valence-electron chi connectivity index (χ0n) is 17.5. The molecule has 0 aliphatic heterocycles. The molecule has 160 valence electrons. The van der Waals surface area contributed by atoms with Gasteiger partial charge in [0.2, 0.25) is 5.91 Å². The summed E-state index contributed by atoms with van der Waals surface area (Å²) < 4.78 is 13.0. The second kappa shape index (κ2) is 10.1. The van der Waals surface area contributed by atoms with E-state index in [1.807, 2.05) is 48.7 Å². The normalized spacial score (nSPS) is 10.8. The second-order valence-electron chi connectivity index (χ2n) is 6.89. The number of nitrogens with one attached hydrogen (secondary N) is 1. The van der Waals surface area contributed by atoms with Crippen LogP contribution < -0.4 is 14.8 Å². The summed E-state index contributed by atoms with van der Waals surface area (Å²) in [7, 11) is 1.57. The molecule has 2 heterocycles. The Balaban J connectivity index is 1.40. The molecule has 0 atom stereocenters. The van der Waals surface area contributed by atoms with Crippen LogP contribution in [0, 0.1) is 0 Å². The van der Waals surface area contributed by atoms with E-state index in [2.05, 4.69) is 15.4 Å². The minimum atomic E-state index is -0.261. The molecule has 0 aliphatic rings. The Kier molecular flexibility index (Phi) is 6.57. The smallest absolute Gasteiger partial charge is 0.248 e. The van der Waals surface area contributed by atoms with Gasteiger partial charge >= 0.3 is 0 Å². The number of pyridine rings is 1. The van der Waals surface area contributed by atoms with Crippen LogP contribution in [0.15, 0.2) is 91.5 Å². The molecule has 4 rings (SSSR count). The molecular weight excluding hydrogens is 404 g/mol. The van der Waals surface area contributed by atoms with Crippen LogP contribution in [0.2, 0.25) is 0 Å². The molecule has 1 N–H and O–H groups in total. The van der Waals surface area contributed by atoms with Gasteiger partial charge in [0.15, 0.2) is 11.5 Å². The second-order valence-corrected chi connectivity index (χ2v) is 6.89. The summed E-state index contributed by atoms with van der Waals surface area (Å²) in [4.78, 5) is 16.4. The average Bonchev–Trinajstić information content (AvgIpc) is 3.32. The monoisotopic (exact) mass is 426 g/mol. The first-order chi connectivity index (χ1) is 15.7. The zero-order valence-corrected chi connectivity index (χ0v) is 17.5. The number of aromatic nitrogens is 3. The van der Waals surface area contributed by atoms with Crippen molar-refractivity contribution in [2.24, 2.45) is 0 Å². The Morgan fingerprint density at radius 1 is 1.06 bits per heavy atom. The lowest BCUT2D eigenvalue weighted by molar-refractivity contribution is -0.111. The molecule has 0 fully saturated rings. The van der Waals surface area contributed by atoms with Crippen molar-refractivity contribution < 1.29 is 14.3 Å². The van der Waals surface area contributed by atoms with E-state index in [1.54, 1.807) is 54.7 Å². The summed E-state index contributed by atoms with van der Waals surface area (Å²) in [6.07, 6.45) is 10.2. The number of carbonyl (C=O) groups is 1. The summed E-state index contributed by atoms with van der Waals surface area (Å²) in [6.45, 7) is 0.363. The van der Waals surface area contributed by atoms with E-state index in [1.165, 1.54) is 6.08 Å². The molecule has 2 aromatic carbocycles. The van der Waals surface area contributed by atoms with Crippen LogP contribution in [0.1, 0.15) is 11.1 Å². The molecular formula is C25H22N4O3. The van der Waals surface area contributed by atoms with E-state index < -0.39 is 0 Å². The van der Waals surface area contributed by atoms with Crippen LogP contribution in [0.4, 0.5) is 5.69 Å². The van der Waals surface area contributed by atoms with Gasteiger partial charge in [0.25, 0.3) is 0 Å². The standard InChI is InChI=1S/C25H22N4O3/c1-31-23-9-8-21(15-24(23)32-18-19-11-13-26-14-12-19)28-25(30)10-7-20-16-27-29(17-20)22-5-3-2-4-6-22/h2-17H,18H2,1H3,(H,28,30)/b10-7+. The highest BCUT2D eigenvalue weighted by Gasteiger charge is 2.08. The minimum absolute atomic E-state index is 0.261. The maximum absolute atomic E-state index is 12.4. The maximum atomic E-state index is 12.4. The summed E-state index contributed by atoms with van der Waals surface area (Å²) in [5.41, 5.74) is 3.36. The van der Waals surface area contributed by atoms with Gasteiger partial charge in [-0.2, -0.15) is 5.10 Å². The first-order valence-corrected chi connectivity index (χ1v) is 10.0. The van der Waals surface area contributed by atoms with Crippen LogP contribution in [-0.4, -0.2) is 27.8 Å². The molecule has 2 aromatic heterocycles. The summed E-state index contributed by atoms with van der Waals surface area (Å²) in [5, 5.41) is 7.17. The molecule has 0 bridgehead atoms. The Morgan fingerprint density at radius 3 is 2.66 bits per heavy atom. The highest BCUT2D eigenvalue weighted by molar-refractivity contribution is 6.02. The van der Waals surface area contributed by atoms with Crippen LogP contribution in [0.25, 0.3) is 11.8 Å². The van der Waals surface area contributed by atoms with Gasteiger partial charge in [0.1, 0.15) is 6.61 Å². The lowest BCUT2D eigenvalue weighted by Gasteiger charge is -2.12. The Labute approximate surface area is 186 Å². The van der Waals surface area contributed by atoms with Crippen LogP contribution in [0.5, 0.6) is 11.5 Å². The highest BCUT2D eigenvalue weighted by atomic mass is 16.5. The number of nitrogens with zero attached hydrogens (tertiary/aromatic N) is 3. The van der Waals surface area contributed by atoms with E-state index >= 15 is 0 Å². The number of methoxy groups -OCH3 is 1. The van der Waals surface area contributed by atoms with Crippen molar-refractivity contribution >= 4 is 17.7 Å². The van der Waals surface area contributed by atoms with Gasteiger partial charge < -0.3 is 14.8 Å². The number of carbonyl (C=O) groups excluding carboxylic acids is 1. The number of para-hydroxylation sites is 1. The summed E-state index contributed by atoms with van der Waals surface area (Å²) >= 11 is 0. The molecule has 0 spiro atoms. The fourth-order valence-electron chi connectivity index (χ4n) is 3.01. The van der Waals surface area contributed by atoms with Crippen LogP contribution in [-0.2, 0) is 11.4 Å². The van der Waals surface area contributed by atoms with Gasteiger partial charge in [-0.05, 0) is 48.0 Å². The number of hydrogen-bond donors (Lipinski definition) is 1. The SMILES string of the molecule is COc1ccc(NC(=O)/C=C/c2cnn(-c3ccccc3)c2)cc1OCc1ccncc1. The maximum Gasteiger partial charge on any atom is 0.248 e. The third kappa shape index (κ3) is 5.40. The third-order valence-electron chi connectivity index (χ3n) is 4.63. The lowest BCUT2D eigenvalue weighted by Crippen LogP contribution is -2.08. The Bertz CT molecular complexity index is 1200. The van der Waals surface area contributed by atoms with Crippen molar-refractivity contribution in [3.63, 3.8) is 0 Å². The molecule has 0 saturated carbocycles. The zero-order chi connectivity index (χ0) is 22.2. The van der Waals surface area contributed by atoms with Gasteiger partial charge in [-0.25, -0.2) is 4.68 Å². The van der Waals surface area contributed by atoms with Gasteiger partial charge in [-0.1, -0.05) is 18.2 Å². The molecule has 1 amide bonds. The molecule has 7 heteroatoms. The van der Waals surface area contributed by atoms with Gasteiger partial charge in [0, 0.05) is 42.0 Å². The van der Waals surface area contributed by atoms with Crippen molar-refractivity contribution in [3.05, 3.63) is 103 Å². The van der Waals surface area contributed by atoms with Crippen molar-refractivity contribution in [2.75, 3.05) is 12.4 Å². The number of hydrogen-bond acceptors (Lipinski definition) is 5. The summed E-state index contributed by atoms with van der Waals surface area (Å²) in [6, 6.07) is 18.8. The van der Waals surface area contributed by atoms with Crippen LogP contribution >= 0.6 is 0 Å². The molecule has 32 heavy (non-hydrogen) atoms. The molecule has 4 aromatic rings. The fraction of sp³-hybridized carbons (Fsp3) is 0.0800. The number of ether oxygens (including phenoxy) is 2. The third-order valence-corrected chi connectivity index (χ3v) is 4.63. The average molecular weight is 426 g/mol. The van der Waals surface area contributed by atoms with E-state index in [-0.39, 0.29) is 5.91 Å². The van der Waals surface area contributed by atoms with E-state index in [0.29, 0.717) is 23.8 Å². The summed E-state index contributed by atoms with van der Waals surface area (Å²) in [5.74, 6) is 0.860. The minimum Gasteiger partial charge on any atom is -0.493 e. The molecule has 0 saturated heterocycles. The van der Waals surface area contributed by atoms with Crippen molar-refractivity contribution in [1.82, 2.24) is 14.8 Å². The quantitative estimate of drug-likeness (QED) is 0.420. The van der Waals surface area contributed by atoms with Crippen molar-refractivity contribution in [2.45, 2.75) is 6.61 Å². The predicted molar refractivity (Wildman–Crippen MR) is 123 cm³/mol. The Hall–Kier alpha value is -4.39. The first-order valence-electron chi connectivity index (χ1n) is 10.0. The molecule has 7 nitrogen and oxygen atoms in total. The predicted octanol–water partition coefficient (Wildman–Crippen LogP) is 4.51. The largest absolute Gasteiger partial charge is 0.493 e. The number of rotatable bonds is 8. The molecule has 0 unspecified atom stereocenters. The van der Waals surface area contributed by atoms with Crippen molar-refractivity contribution in [3.8, 4) is 17.2 Å². The fourth-order valence-corrected chi connectivity index (χ4v) is 3.01. The molecule has 0 aliphatic carbocycles. The van der Waals surface area contributed by atoms with Crippen molar-refractivity contribution in [1.29, 1.82) is 0 Å². The number of anilines is 1. The molecule has 0 radical (unpaired) electrons. The first kappa shape index (κ1) is 20.9. The number of amides is 1. The number of benzene rings is 2. The lowest BCUT2D eigenvalue weighted by atomic mass is 10.2. The van der Waals surface area contributed by atoms with Crippen LogP contribution in [0.3, 0.4) is 0 Å². The van der Waals surface area contributed by atoms with E-state index in [9.17, 15) is 4.79 Å². The van der Waals surface area contributed by atoms with Gasteiger partial charge in [-0.15, -0.1) is 0 Å². The van der Waals surface area contributed by atoms with E-state index in [0.717, 1.165) is 16.8 Å². The highest BCUT2D eigenvalue weighted by Crippen LogP contribution is 2.31. The Morgan fingerprint density at radius 2 is 1.88 bits per heavy atom. The van der Waals surface area contributed by atoms with Gasteiger partial charge in [-0.3, -0.25) is 9.78 Å². The van der Waals surface area contributed by atoms with Gasteiger partial charge in [0.05, 0.1) is 19.0 Å².